The normalized spacial score (nSPS) is 19.6. The van der Waals surface area contributed by atoms with Crippen LogP contribution in [0.25, 0.3) is 0 Å². The Morgan fingerprint density at radius 1 is 1.43 bits per heavy atom. The van der Waals surface area contributed by atoms with Crippen molar-refractivity contribution in [3.63, 3.8) is 0 Å². The van der Waals surface area contributed by atoms with Crippen LogP contribution in [0.15, 0.2) is 35.8 Å². The molecule has 5 heteroatoms. The lowest BCUT2D eigenvalue weighted by Gasteiger charge is -2.36. The molecule has 1 saturated heterocycles. The second-order valence-electron chi connectivity index (χ2n) is 6.11. The first kappa shape index (κ1) is 16.1. The number of carbonyl (C=O) groups is 1. The van der Waals surface area contributed by atoms with Crippen LogP contribution >= 0.6 is 11.3 Å². The number of aromatic nitrogens is 1. The number of benzene rings is 1. The molecule has 0 N–H and O–H groups in total. The van der Waals surface area contributed by atoms with Crippen LogP contribution in [0, 0.1) is 11.7 Å². The second-order valence-corrected chi connectivity index (χ2v) is 7.04. The molecule has 1 fully saturated rings. The summed E-state index contributed by atoms with van der Waals surface area (Å²) in [5, 5.41) is 2.96. The van der Waals surface area contributed by atoms with E-state index in [0.29, 0.717) is 12.0 Å². The van der Waals surface area contributed by atoms with Crippen molar-refractivity contribution < 1.29 is 9.18 Å². The van der Waals surface area contributed by atoms with Crippen LogP contribution in [-0.2, 0) is 11.2 Å². The van der Waals surface area contributed by atoms with Crippen LogP contribution in [0.3, 0.4) is 0 Å². The van der Waals surface area contributed by atoms with Crippen molar-refractivity contribution in [2.24, 2.45) is 5.92 Å². The van der Waals surface area contributed by atoms with Gasteiger partial charge in [-0.3, -0.25) is 4.79 Å². The molecular weight excluding hydrogens is 311 g/mol. The number of hydrogen-bond acceptors (Lipinski definition) is 3. The summed E-state index contributed by atoms with van der Waals surface area (Å²) < 4.78 is 13.8. The number of nitrogens with zero attached hydrogens (tertiary/aromatic N) is 2. The summed E-state index contributed by atoms with van der Waals surface area (Å²) in [4.78, 5) is 19.2. The summed E-state index contributed by atoms with van der Waals surface area (Å²) in [5.74, 6) is -0.358. The highest BCUT2D eigenvalue weighted by Crippen LogP contribution is 2.33. The highest BCUT2D eigenvalue weighted by Gasteiger charge is 2.32. The Hall–Kier alpha value is -1.75. The van der Waals surface area contributed by atoms with Crippen LogP contribution in [0.4, 0.5) is 4.39 Å². The summed E-state index contributed by atoms with van der Waals surface area (Å²) in [6.07, 6.45) is 5.34. The zero-order valence-corrected chi connectivity index (χ0v) is 14.1. The van der Waals surface area contributed by atoms with Gasteiger partial charge in [-0.15, -0.1) is 11.3 Å². The van der Waals surface area contributed by atoms with E-state index >= 15 is 0 Å². The van der Waals surface area contributed by atoms with Crippen LogP contribution in [-0.4, -0.2) is 22.3 Å². The molecule has 122 valence electrons. The van der Waals surface area contributed by atoms with Gasteiger partial charge in [0.25, 0.3) is 0 Å². The molecule has 23 heavy (non-hydrogen) atoms. The van der Waals surface area contributed by atoms with Crippen molar-refractivity contribution in [2.75, 3.05) is 6.54 Å². The topological polar surface area (TPSA) is 33.2 Å². The van der Waals surface area contributed by atoms with Gasteiger partial charge in [0.1, 0.15) is 10.8 Å². The Balaban J connectivity index is 1.73. The first-order valence-electron chi connectivity index (χ1n) is 8.10. The molecular formula is C18H21FN2OS. The molecule has 1 aromatic carbocycles. The number of amides is 1. The molecule has 2 atom stereocenters. The Labute approximate surface area is 140 Å². The third-order valence-corrected chi connectivity index (χ3v) is 5.30. The molecule has 2 heterocycles. The lowest BCUT2D eigenvalue weighted by molar-refractivity contribution is -0.139. The van der Waals surface area contributed by atoms with Gasteiger partial charge in [0.2, 0.25) is 5.91 Å². The fourth-order valence-electron chi connectivity index (χ4n) is 3.22. The smallest absolute Gasteiger partial charge is 0.226 e. The van der Waals surface area contributed by atoms with Crippen molar-refractivity contribution in [3.05, 3.63) is 52.2 Å². The fraction of sp³-hybridized carbons (Fsp3) is 0.444. The van der Waals surface area contributed by atoms with E-state index in [2.05, 4.69) is 4.98 Å². The monoisotopic (exact) mass is 332 g/mol. The maximum absolute atomic E-state index is 13.8. The number of likely N-dealkylation sites (tertiary alicyclic amines) is 1. The SMILES string of the molecule is CC(Cc1ccccc1F)C(=O)N1CCCCC1c1nccs1. The molecule has 2 unspecified atom stereocenters. The quantitative estimate of drug-likeness (QED) is 0.840. The molecule has 1 aromatic heterocycles. The Morgan fingerprint density at radius 3 is 3.00 bits per heavy atom. The number of piperidine rings is 1. The molecule has 0 spiro atoms. The molecule has 1 aliphatic rings. The zero-order valence-electron chi connectivity index (χ0n) is 13.2. The van der Waals surface area contributed by atoms with Gasteiger partial charge >= 0.3 is 0 Å². The van der Waals surface area contributed by atoms with Gasteiger partial charge < -0.3 is 4.90 Å². The van der Waals surface area contributed by atoms with Crippen LogP contribution in [0.2, 0.25) is 0 Å². The molecule has 1 amide bonds. The largest absolute Gasteiger partial charge is 0.333 e. The minimum atomic E-state index is -0.234. The van der Waals surface area contributed by atoms with Gasteiger partial charge in [-0.1, -0.05) is 25.1 Å². The molecule has 1 aliphatic heterocycles. The first-order chi connectivity index (χ1) is 11.2. The van der Waals surface area contributed by atoms with Gasteiger partial charge in [-0.2, -0.15) is 0 Å². The summed E-state index contributed by atoms with van der Waals surface area (Å²) in [7, 11) is 0. The summed E-state index contributed by atoms with van der Waals surface area (Å²) >= 11 is 1.60. The number of rotatable bonds is 4. The molecule has 3 nitrogen and oxygen atoms in total. The van der Waals surface area contributed by atoms with E-state index in [-0.39, 0.29) is 23.7 Å². The molecule has 2 aromatic rings. The summed E-state index contributed by atoms with van der Waals surface area (Å²) in [6.45, 7) is 2.66. The van der Waals surface area contributed by atoms with Crippen LogP contribution in [0.5, 0.6) is 0 Å². The van der Waals surface area contributed by atoms with Crippen LogP contribution in [0.1, 0.15) is 42.8 Å². The predicted octanol–water partition coefficient (Wildman–Crippen LogP) is 4.21. The average Bonchev–Trinajstić information content (AvgIpc) is 3.10. The van der Waals surface area contributed by atoms with Crippen molar-refractivity contribution >= 4 is 17.2 Å². The van der Waals surface area contributed by atoms with E-state index in [0.717, 1.165) is 30.8 Å². The highest BCUT2D eigenvalue weighted by molar-refractivity contribution is 7.09. The summed E-state index contributed by atoms with van der Waals surface area (Å²) in [6, 6.07) is 6.78. The standard InChI is InChI=1S/C18H21FN2OS/c1-13(12-14-6-2-3-7-15(14)19)18(22)21-10-5-4-8-16(21)17-20-9-11-23-17/h2-3,6-7,9,11,13,16H,4-5,8,10,12H2,1H3. The maximum Gasteiger partial charge on any atom is 0.226 e. The maximum atomic E-state index is 13.8. The van der Waals surface area contributed by atoms with Crippen molar-refractivity contribution in [3.8, 4) is 0 Å². The third-order valence-electron chi connectivity index (χ3n) is 4.43. The first-order valence-corrected chi connectivity index (χ1v) is 8.98. The lowest BCUT2D eigenvalue weighted by atomic mass is 9.96. The Morgan fingerprint density at radius 2 is 2.26 bits per heavy atom. The predicted molar refractivity (Wildman–Crippen MR) is 89.7 cm³/mol. The Bertz CT molecular complexity index is 659. The summed E-state index contributed by atoms with van der Waals surface area (Å²) in [5.41, 5.74) is 0.608. The van der Waals surface area contributed by atoms with Crippen molar-refractivity contribution in [1.29, 1.82) is 0 Å². The molecule has 0 saturated carbocycles. The number of halogens is 1. The molecule has 0 radical (unpaired) electrons. The van der Waals surface area contributed by atoms with Crippen molar-refractivity contribution in [1.82, 2.24) is 9.88 Å². The van der Waals surface area contributed by atoms with E-state index in [1.54, 1.807) is 29.7 Å². The number of thiazole rings is 1. The third kappa shape index (κ3) is 3.61. The van der Waals surface area contributed by atoms with Gasteiger partial charge in [0, 0.05) is 24.0 Å². The number of hydrogen-bond donors (Lipinski definition) is 0. The van der Waals surface area contributed by atoms with Crippen LogP contribution < -0.4 is 0 Å². The number of carbonyl (C=O) groups excluding carboxylic acids is 1. The minimum Gasteiger partial charge on any atom is -0.333 e. The van der Waals surface area contributed by atoms with E-state index < -0.39 is 0 Å². The van der Waals surface area contributed by atoms with Crippen molar-refractivity contribution in [2.45, 2.75) is 38.6 Å². The highest BCUT2D eigenvalue weighted by atomic mass is 32.1. The second kappa shape index (κ2) is 7.21. The van der Waals surface area contributed by atoms with Gasteiger partial charge in [0.05, 0.1) is 6.04 Å². The average molecular weight is 332 g/mol. The Kier molecular flexibility index (Phi) is 5.06. The van der Waals surface area contributed by atoms with E-state index in [1.165, 1.54) is 6.07 Å². The van der Waals surface area contributed by atoms with E-state index in [1.807, 2.05) is 23.3 Å². The molecule has 0 aliphatic carbocycles. The zero-order chi connectivity index (χ0) is 16.2. The van der Waals surface area contributed by atoms with E-state index in [4.69, 9.17) is 0 Å². The molecule has 3 rings (SSSR count). The fourth-order valence-corrected chi connectivity index (χ4v) is 4.00. The molecule has 0 bridgehead atoms. The van der Waals surface area contributed by atoms with Gasteiger partial charge in [-0.05, 0) is 37.3 Å². The van der Waals surface area contributed by atoms with Gasteiger partial charge in [0.15, 0.2) is 0 Å². The lowest BCUT2D eigenvalue weighted by Crippen LogP contribution is -2.41. The van der Waals surface area contributed by atoms with E-state index in [9.17, 15) is 9.18 Å². The minimum absolute atomic E-state index is 0.0827. The van der Waals surface area contributed by atoms with Gasteiger partial charge in [-0.25, -0.2) is 9.37 Å².